The zero-order valence-corrected chi connectivity index (χ0v) is 17.1. The molecule has 8 heteroatoms. The lowest BCUT2D eigenvalue weighted by molar-refractivity contribution is 0.0709. The van der Waals surface area contributed by atoms with E-state index in [0.717, 1.165) is 36.0 Å². The Morgan fingerprint density at radius 3 is 2.52 bits per heavy atom. The number of aromatic nitrogens is 4. The standard InChI is InChI=1S/C19H24BrN5O2/c1-23-19(27)25(16-4-2-3-5-16)17(22-23)13-6-8-24(9-7-13)18(26)14-10-15(20)12-21-11-14/h10-13,16H,2-9H2,1H3. The highest BCUT2D eigenvalue weighted by molar-refractivity contribution is 9.10. The van der Waals surface area contributed by atoms with Crippen molar-refractivity contribution < 1.29 is 4.79 Å². The molecular formula is C19H24BrN5O2. The van der Waals surface area contributed by atoms with E-state index in [4.69, 9.17) is 0 Å². The zero-order valence-electron chi connectivity index (χ0n) is 15.5. The van der Waals surface area contributed by atoms with E-state index in [2.05, 4.69) is 26.0 Å². The topological polar surface area (TPSA) is 73.0 Å². The van der Waals surface area contributed by atoms with Gasteiger partial charge in [0.25, 0.3) is 5.91 Å². The molecule has 0 N–H and O–H groups in total. The van der Waals surface area contributed by atoms with Gasteiger partial charge in [-0.2, -0.15) is 5.10 Å². The summed E-state index contributed by atoms with van der Waals surface area (Å²) in [7, 11) is 1.73. The Morgan fingerprint density at radius 1 is 1.15 bits per heavy atom. The average Bonchev–Trinajstić information content (AvgIpc) is 3.30. The third-order valence-corrected chi connectivity index (χ3v) is 6.20. The fourth-order valence-electron chi connectivity index (χ4n) is 4.33. The van der Waals surface area contributed by atoms with Crippen molar-refractivity contribution in [3.63, 3.8) is 0 Å². The van der Waals surface area contributed by atoms with Crippen LogP contribution < -0.4 is 5.69 Å². The SMILES string of the molecule is Cn1nc(C2CCN(C(=O)c3cncc(Br)c3)CC2)n(C2CCCC2)c1=O. The first-order valence-corrected chi connectivity index (χ1v) is 10.4. The molecule has 4 rings (SSSR count). The van der Waals surface area contributed by atoms with E-state index in [1.807, 2.05) is 9.47 Å². The highest BCUT2D eigenvalue weighted by atomic mass is 79.9. The van der Waals surface area contributed by atoms with Gasteiger partial charge in [-0.3, -0.25) is 14.3 Å². The molecule has 0 spiro atoms. The van der Waals surface area contributed by atoms with Crippen LogP contribution in [0, 0.1) is 0 Å². The summed E-state index contributed by atoms with van der Waals surface area (Å²) < 4.78 is 4.21. The van der Waals surface area contributed by atoms with Crippen molar-refractivity contribution >= 4 is 21.8 Å². The van der Waals surface area contributed by atoms with Crippen molar-refractivity contribution in [2.24, 2.45) is 7.05 Å². The predicted molar refractivity (Wildman–Crippen MR) is 105 cm³/mol. The number of halogens is 1. The van der Waals surface area contributed by atoms with Crippen LogP contribution in [0.5, 0.6) is 0 Å². The van der Waals surface area contributed by atoms with Crippen molar-refractivity contribution in [1.82, 2.24) is 24.2 Å². The van der Waals surface area contributed by atoms with Gasteiger partial charge in [0.1, 0.15) is 5.82 Å². The van der Waals surface area contributed by atoms with Gasteiger partial charge in [-0.15, -0.1) is 0 Å². The van der Waals surface area contributed by atoms with E-state index in [1.54, 1.807) is 25.5 Å². The van der Waals surface area contributed by atoms with E-state index >= 15 is 0 Å². The van der Waals surface area contributed by atoms with Crippen LogP contribution >= 0.6 is 15.9 Å². The molecule has 0 radical (unpaired) electrons. The normalized spacial score (nSPS) is 19.0. The number of nitrogens with zero attached hydrogens (tertiary/aromatic N) is 5. The van der Waals surface area contributed by atoms with Gasteiger partial charge in [-0.25, -0.2) is 9.48 Å². The molecule has 2 aromatic rings. The minimum Gasteiger partial charge on any atom is -0.339 e. The van der Waals surface area contributed by atoms with E-state index in [-0.39, 0.29) is 23.6 Å². The number of carbonyl (C=O) groups is 1. The van der Waals surface area contributed by atoms with E-state index in [1.165, 1.54) is 17.5 Å². The number of carbonyl (C=O) groups excluding carboxylic acids is 1. The van der Waals surface area contributed by atoms with Crippen LogP contribution in [0.25, 0.3) is 0 Å². The number of likely N-dealkylation sites (tertiary alicyclic amines) is 1. The van der Waals surface area contributed by atoms with Crippen LogP contribution in [-0.4, -0.2) is 43.2 Å². The number of piperidine rings is 1. The number of amides is 1. The maximum Gasteiger partial charge on any atom is 0.345 e. The van der Waals surface area contributed by atoms with Gasteiger partial charge in [0, 0.05) is 49.0 Å². The summed E-state index contributed by atoms with van der Waals surface area (Å²) in [5.74, 6) is 1.14. The summed E-state index contributed by atoms with van der Waals surface area (Å²) in [6.45, 7) is 1.34. The molecule has 2 aromatic heterocycles. The lowest BCUT2D eigenvalue weighted by Crippen LogP contribution is -2.39. The second kappa shape index (κ2) is 7.58. The average molecular weight is 434 g/mol. The van der Waals surface area contributed by atoms with Crippen molar-refractivity contribution in [3.8, 4) is 0 Å². The molecule has 1 amide bonds. The summed E-state index contributed by atoms with van der Waals surface area (Å²) in [6.07, 6.45) is 9.42. The highest BCUT2D eigenvalue weighted by Gasteiger charge is 2.31. The zero-order chi connectivity index (χ0) is 19.0. The maximum absolute atomic E-state index is 12.7. The number of aryl methyl sites for hydroxylation is 1. The lowest BCUT2D eigenvalue weighted by Gasteiger charge is -2.32. The predicted octanol–water partition coefficient (Wildman–Crippen LogP) is 2.87. The second-order valence-electron chi connectivity index (χ2n) is 7.53. The molecule has 1 aliphatic carbocycles. The summed E-state index contributed by atoms with van der Waals surface area (Å²) in [5.41, 5.74) is 0.596. The van der Waals surface area contributed by atoms with Crippen LogP contribution in [0.4, 0.5) is 0 Å². The molecule has 144 valence electrons. The molecule has 1 saturated heterocycles. The van der Waals surface area contributed by atoms with Gasteiger partial charge in [-0.1, -0.05) is 12.8 Å². The number of rotatable bonds is 3. The van der Waals surface area contributed by atoms with Gasteiger partial charge < -0.3 is 4.90 Å². The number of pyridine rings is 1. The molecule has 0 atom stereocenters. The van der Waals surface area contributed by atoms with Crippen LogP contribution in [-0.2, 0) is 7.05 Å². The first-order chi connectivity index (χ1) is 13.0. The maximum atomic E-state index is 12.7. The molecular weight excluding hydrogens is 410 g/mol. The van der Waals surface area contributed by atoms with Crippen molar-refractivity contribution in [2.75, 3.05) is 13.1 Å². The van der Waals surface area contributed by atoms with E-state index in [0.29, 0.717) is 18.7 Å². The molecule has 3 heterocycles. The molecule has 0 unspecified atom stereocenters. The molecule has 2 aliphatic rings. The quantitative estimate of drug-likeness (QED) is 0.745. The van der Waals surface area contributed by atoms with Gasteiger partial charge in [-0.05, 0) is 47.7 Å². The lowest BCUT2D eigenvalue weighted by atomic mass is 9.95. The minimum absolute atomic E-state index is 0.00406. The first kappa shape index (κ1) is 18.4. The molecule has 1 saturated carbocycles. The number of hydrogen-bond acceptors (Lipinski definition) is 4. The van der Waals surface area contributed by atoms with Crippen LogP contribution in [0.3, 0.4) is 0 Å². The minimum atomic E-state index is -0.00406. The Morgan fingerprint density at radius 2 is 1.85 bits per heavy atom. The Bertz CT molecular complexity index is 892. The fraction of sp³-hybridized carbons (Fsp3) is 0.579. The molecule has 27 heavy (non-hydrogen) atoms. The monoisotopic (exact) mass is 433 g/mol. The molecule has 2 fully saturated rings. The second-order valence-corrected chi connectivity index (χ2v) is 8.45. The van der Waals surface area contributed by atoms with Crippen LogP contribution in [0.1, 0.15) is 66.7 Å². The van der Waals surface area contributed by atoms with Crippen LogP contribution in [0.15, 0.2) is 27.7 Å². The fourth-order valence-corrected chi connectivity index (χ4v) is 4.70. The van der Waals surface area contributed by atoms with E-state index < -0.39 is 0 Å². The summed E-state index contributed by atoms with van der Waals surface area (Å²) in [4.78, 5) is 31.3. The summed E-state index contributed by atoms with van der Waals surface area (Å²) in [6, 6.07) is 2.09. The van der Waals surface area contributed by atoms with Gasteiger partial charge >= 0.3 is 5.69 Å². The number of hydrogen-bond donors (Lipinski definition) is 0. The van der Waals surface area contributed by atoms with Crippen molar-refractivity contribution in [2.45, 2.75) is 50.5 Å². The summed E-state index contributed by atoms with van der Waals surface area (Å²) >= 11 is 3.37. The van der Waals surface area contributed by atoms with Gasteiger partial charge in [0.05, 0.1) is 5.56 Å². The Balaban J connectivity index is 1.49. The molecule has 0 aromatic carbocycles. The molecule has 1 aliphatic heterocycles. The Labute approximate surface area is 166 Å². The van der Waals surface area contributed by atoms with Crippen LogP contribution in [0.2, 0.25) is 0 Å². The van der Waals surface area contributed by atoms with Crippen molar-refractivity contribution in [1.29, 1.82) is 0 Å². The Kier molecular flexibility index (Phi) is 5.16. The molecule has 7 nitrogen and oxygen atoms in total. The third-order valence-electron chi connectivity index (χ3n) is 5.77. The van der Waals surface area contributed by atoms with Gasteiger partial charge in [0.2, 0.25) is 0 Å². The highest BCUT2D eigenvalue weighted by Crippen LogP contribution is 2.33. The summed E-state index contributed by atoms with van der Waals surface area (Å²) in [5, 5.41) is 4.57. The van der Waals surface area contributed by atoms with Crippen molar-refractivity contribution in [3.05, 3.63) is 44.8 Å². The third kappa shape index (κ3) is 3.59. The Hall–Kier alpha value is -1.96. The van der Waals surface area contributed by atoms with E-state index in [9.17, 15) is 9.59 Å². The first-order valence-electron chi connectivity index (χ1n) is 9.60. The smallest absolute Gasteiger partial charge is 0.339 e. The van der Waals surface area contributed by atoms with Gasteiger partial charge in [0.15, 0.2) is 0 Å². The molecule has 0 bridgehead atoms. The largest absolute Gasteiger partial charge is 0.345 e.